The van der Waals surface area contributed by atoms with Gasteiger partial charge in [0.15, 0.2) is 0 Å². The number of primary amides is 1. The maximum Gasteiger partial charge on any atom is 1.00 e. The predicted molar refractivity (Wildman–Crippen MR) is 25.6 cm³/mol. The summed E-state index contributed by atoms with van der Waals surface area (Å²) in [6, 6.07) is 0. The molecule has 0 bridgehead atoms. The van der Waals surface area contributed by atoms with Crippen LogP contribution in [0.1, 0.15) is 14.8 Å². The standard InChI is InChI=1S/C4H7NO2.Li.H/c1-3(6)2-4(5)7;;/h2H2,1H3,(H2,5,7);;/q;+1;-1. The normalized spacial score (nSPS) is 7.12. The molecule has 0 aromatic heterocycles. The first kappa shape index (κ1) is 10.7. The van der Waals surface area contributed by atoms with E-state index < -0.39 is 5.91 Å². The van der Waals surface area contributed by atoms with Gasteiger partial charge in [0, 0.05) is 0 Å². The Bertz CT molecular complexity index is 94.7. The second-order valence-electron chi connectivity index (χ2n) is 1.35. The molecule has 4 heteroatoms. The van der Waals surface area contributed by atoms with Gasteiger partial charge in [0.05, 0.1) is 6.42 Å². The minimum absolute atomic E-state index is 0. The summed E-state index contributed by atoms with van der Waals surface area (Å²) in [6.45, 7) is 1.32. The molecule has 0 aliphatic rings. The predicted octanol–water partition coefficient (Wildman–Crippen LogP) is -3.43. The molecule has 0 aromatic rings. The van der Waals surface area contributed by atoms with Crippen molar-refractivity contribution < 1.29 is 29.9 Å². The Morgan fingerprint density at radius 3 is 2.00 bits per heavy atom. The molecular weight excluding hydrogens is 101 g/mol. The van der Waals surface area contributed by atoms with E-state index in [0.29, 0.717) is 0 Å². The van der Waals surface area contributed by atoms with Crippen molar-refractivity contribution in [3.8, 4) is 0 Å². The second kappa shape index (κ2) is 4.89. The van der Waals surface area contributed by atoms with E-state index in [1.165, 1.54) is 6.92 Å². The molecule has 1 amide bonds. The van der Waals surface area contributed by atoms with Crippen LogP contribution in [0.25, 0.3) is 0 Å². The van der Waals surface area contributed by atoms with Crippen LogP contribution in [0.3, 0.4) is 0 Å². The van der Waals surface area contributed by atoms with Crippen LogP contribution in [-0.4, -0.2) is 11.7 Å². The molecule has 0 rings (SSSR count). The van der Waals surface area contributed by atoms with E-state index in [1.807, 2.05) is 0 Å². The fraction of sp³-hybridized carbons (Fsp3) is 0.500. The van der Waals surface area contributed by atoms with Crippen molar-refractivity contribution in [2.45, 2.75) is 13.3 Å². The van der Waals surface area contributed by atoms with Crippen LogP contribution in [0.5, 0.6) is 0 Å². The SMILES string of the molecule is CC(=O)CC(N)=O.[H-].[Li+]. The maximum atomic E-state index is 9.95. The number of carbonyl (C=O) groups is 2. The van der Waals surface area contributed by atoms with E-state index in [9.17, 15) is 9.59 Å². The number of hydrogen-bond acceptors (Lipinski definition) is 2. The van der Waals surface area contributed by atoms with Crippen LogP contribution in [-0.2, 0) is 9.59 Å². The minimum atomic E-state index is -0.562. The van der Waals surface area contributed by atoms with Crippen molar-refractivity contribution in [3.63, 3.8) is 0 Å². The Balaban J connectivity index is -0.000000180. The monoisotopic (exact) mass is 109 g/mol. The number of amides is 1. The Hall–Kier alpha value is -0.263. The molecule has 0 atom stereocenters. The van der Waals surface area contributed by atoms with Gasteiger partial charge in [-0.2, -0.15) is 0 Å². The molecule has 2 N–H and O–H groups in total. The van der Waals surface area contributed by atoms with Crippen LogP contribution in [0.2, 0.25) is 0 Å². The first-order valence-electron chi connectivity index (χ1n) is 1.90. The fourth-order valence-electron chi connectivity index (χ4n) is 0.245. The molecule has 0 unspecified atom stereocenters. The largest absolute Gasteiger partial charge is 1.00 e. The molecule has 42 valence electrons. The van der Waals surface area contributed by atoms with Crippen LogP contribution >= 0.6 is 0 Å². The van der Waals surface area contributed by atoms with Crippen LogP contribution in [0.15, 0.2) is 0 Å². The molecule has 8 heavy (non-hydrogen) atoms. The fourth-order valence-corrected chi connectivity index (χ4v) is 0.245. The van der Waals surface area contributed by atoms with Gasteiger partial charge in [-0.05, 0) is 6.92 Å². The molecule has 0 radical (unpaired) electrons. The summed E-state index contributed by atoms with van der Waals surface area (Å²) in [6.07, 6.45) is -0.139. The van der Waals surface area contributed by atoms with Gasteiger partial charge >= 0.3 is 18.9 Å². The summed E-state index contributed by atoms with van der Waals surface area (Å²) >= 11 is 0. The van der Waals surface area contributed by atoms with Crippen molar-refractivity contribution in [3.05, 3.63) is 0 Å². The number of ketones is 1. The number of rotatable bonds is 2. The average molecular weight is 109 g/mol. The molecule has 0 aliphatic carbocycles. The van der Waals surface area contributed by atoms with Crippen LogP contribution in [0.4, 0.5) is 0 Å². The Morgan fingerprint density at radius 2 is 2.00 bits per heavy atom. The van der Waals surface area contributed by atoms with Gasteiger partial charge in [-0.3, -0.25) is 9.59 Å². The zero-order valence-electron chi connectivity index (χ0n) is 6.10. The van der Waals surface area contributed by atoms with Crippen molar-refractivity contribution in [2.75, 3.05) is 0 Å². The summed E-state index contributed by atoms with van der Waals surface area (Å²) in [5.41, 5.74) is 4.63. The first-order valence-corrected chi connectivity index (χ1v) is 1.90. The van der Waals surface area contributed by atoms with Gasteiger partial charge in [-0.15, -0.1) is 0 Å². The van der Waals surface area contributed by atoms with Crippen molar-refractivity contribution in [1.29, 1.82) is 0 Å². The molecule has 0 heterocycles. The van der Waals surface area contributed by atoms with E-state index in [4.69, 9.17) is 0 Å². The van der Waals surface area contributed by atoms with E-state index in [1.54, 1.807) is 0 Å². The van der Waals surface area contributed by atoms with Crippen molar-refractivity contribution in [1.82, 2.24) is 0 Å². The minimum Gasteiger partial charge on any atom is -1.00 e. The van der Waals surface area contributed by atoms with Crippen LogP contribution in [0, 0.1) is 0 Å². The Morgan fingerprint density at radius 1 is 1.62 bits per heavy atom. The van der Waals surface area contributed by atoms with Gasteiger partial charge in [0.1, 0.15) is 5.78 Å². The molecule has 3 nitrogen and oxygen atoms in total. The molecule has 0 aromatic carbocycles. The molecule has 0 spiro atoms. The van der Waals surface area contributed by atoms with Gasteiger partial charge < -0.3 is 7.16 Å². The average Bonchev–Trinajstić information content (AvgIpc) is 1.27. The van der Waals surface area contributed by atoms with E-state index in [0.717, 1.165) is 0 Å². The summed E-state index contributed by atoms with van der Waals surface area (Å²) in [5, 5.41) is 0. The Kier molecular flexibility index (Phi) is 6.52. The maximum absolute atomic E-state index is 9.95. The van der Waals surface area contributed by atoms with Gasteiger partial charge in [0.25, 0.3) is 0 Å². The summed E-state index contributed by atoms with van der Waals surface area (Å²) in [4.78, 5) is 19.8. The summed E-state index contributed by atoms with van der Waals surface area (Å²) < 4.78 is 0. The van der Waals surface area contributed by atoms with E-state index in [2.05, 4.69) is 5.73 Å². The van der Waals surface area contributed by atoms with Gasteiger partial charge in [-0.1, -0.05) is 0 Å². The van der Waals surface area contributed by atoms with Crippen LogP contribution < -0.4 is 24.6 Å². The Labute approximate surface area is 61.3 Å². The third kappa shape index (κ3) is 9.22. The van der Waals surface area contributed by atoms with E-state index in [-0.39, 0.29) is 32.5 Å². The topological polar surface area (TPSA) is 60.2 Å². The van der Waals surface area contributed by atoms with Crippen molar-refractivity contribution >= 4 is 11.7 Å². The first-order chi connectivity index (χ1) is 3.13. The number of nitrogens with two attached hydrogens (primary N) is 1. The summed E-state index contributed by atoms with van der Waals surface area (Å²) in [5.74, 6) is -0.750. The third-order valence-corrected chi connectivity index (χ3v) is 0.423. The van der Waals surface area contributed by atoms with E-state index >= 15 is 0 Å². The quantitative estimate of drug-likeness (QED) is 0.296. The number of Topliss-reactive ketones (excluding diaryl/α,β-unsaturated/α-hetero) is 1. The smallest absolute Gasteiger partial charge is 1.00 e. The van der Waals surface area contributed by atoms with Crippen molar-refractivity contribution in [2.24, 2.45) is 5.73 Å². The third-order valence-electron chi connectivity index (χ3n) is 0.423. The molecule has 0 aliphatic heterocycles. The zero-order chi connectivity index (χ0) is 5.86. The van der Waals surface area contributed by atoms with Gasteiger partial charge in [0.2, 0.25) is 5.91 Å². The zero-order valence-corrected chi connectivity index (χ0v) is 5.10. The summed E-state index contributed by atoms with van der Waals surface area (Å²) in [7, 11) is 0. The molecule has 0 fully saturated rings. The molecule has 0 saturated carbocycles. The van der Waals surface area contributed by atoms with Gasteiger partial charge in [-0.25, -0.2) is 0 Å². The molecular formula is C4H8LiNO2. The molecule has 0 saturated heterocycles. The number of hydrogen-bond donors (Lipinski definition) is 1. The number of carbonyl (C=O) groups excluding carboxylic acids is 2. The second-order valence-corrected chi connectivity index (χ2v) is 1.35.